The highest BCUT2D eigenvalue weighted by molar-refractivity contribution is 7.80. The molecule has 0 amide bonds. The van der Waals surface area contributed by atoms with Crippen molar-refractivity contribution in [3.8, 4) is 11.5 Å². The zero-order valence-electron chi connectivity index (χ0n) is 16.5. The molecule has 1 atom stereocenters. The van der Waals surface area contributed by atoms with Gasteiger partial charge in [-0.2, -0.15) is 0 Å². The summed E-state index contributed by atoms with van der Waals surface area (Å²) in [4.78, 5) is 0. The van der Waals surface area contributed by atoms with Crippen LogP contribution in [0, 0.1) is 0 Å². The number of anilines is 1. The second-order valence-corrected chi connectivity index (χ2v) is 8.71. The molecule has 4 nitrogen and oxygen atoms in total. The van der Waals surface area contributed by atoms with E-state index in [0.29, 0.717) is 11.2 Å². The molecule has 148 valence electrons. The number of rotatable bonds is 4. The average Bonchev–Trinajstić information content (AvgIpc) is 3.15. The number of thiocarbonyl (C=S) groups is 1. The Bertz CT molecular complexity index is 829. The van der Waals surface area contributed by atoms with Gasteiger partial charge in [0.1, 0.15) is 17.1 Å². The highest BCUT2D eigenvalue weighted by atomic mass is 32.1. The van der Waals surface area contributed by atoms with Crippen LogP contribution in [0.3, 0.4) is 0 Å². The van der Waals surface area contributed by atoms with E-state index in [4.69, 9.17) is 21.7 Å². The summed E-state index contributed by atoms with van der Waals surface area (Å²) in [5, 5.41) is 7.37. The second-order valence-electron chi connectivity index (χ2n) is 8.30. The number of nitrogens with one attached hydrogen (secondary N) is 2. The molecule has 0 unspecified atom stereocenters. The molecule has 28 heavy (non-hydrogen) atoms. The van der Waals surface area contributed by atoms with Crippen LogP contribution in [0.4, 0.5) is 5.69 Å². The molecular weight excluding hydrogens is 368 g/mol. The maximum Gasteiger partial charge on any atom is 0.171 e. The Hall–Kier alpha value is -2.27. The number of hydrogen-bond donors (Lipinski definition) is 2. The molecule has 0 saturated heterocycles. The highest BCUT2D eigenvalue weighted by Crippen LogP contribution is 2.39. The van der Waals surface area contributed by atoms with Gasteiger partial charge in [0.15, 0.2) is 5.11 Å². The van der Waals surface area contributed by atoms with Gasteiger partial charge in [0, 0.05) is 17.7 Å². The molecule has 0 bridgehead atoms. The van der Waals surface area contributed by atoms with E-state index in [2.05, 4.69) is 30.5 Å². The van der Waals surface area contributed by atoms with Gasteiger partial charge < -0.3 is 20.1 Å². The Morgan fingerprint density at radius 3 is 2.54 bits per heavy atom. The van der Waals surface area contributed by atoms with Crippen molar-refractivity contribution in [1.29, 1.82) is 0 Å². The first kappa shape index (κ1) is 19.1. The van der Waals surface area contributed by atoms with Crippen molar-refractivity contribution in [3.63, 3.8) is 0 Å². The van der Waals surface area contributed by atoms with Crippen LogP contribution in [-0.2, 0) is 0 Å². The molecule has 0 aromatic heterocycles. The predicted molar refractivity (Wildman–Crippen MR) is 117 cm³/mol. The summed E-state index contributed by atoms with van der Waals surface area (Å²) in [5.41, 5.74) is 1.86. The van der Waals surface area contributed by atoms with Crippen molar-refractivity contribution in [3.05, 3.63) is 54.1 Å². The minimum Gasteiger partial charge on any atom is -0.490 e. The number of benzene rings is 2. The summed E-state index contributed by atoms with van der Waals surface area (Å²) < 4.78 is 12.1. The SMILES string of the molecule is CC1(C)C[C@H](NC(=S)Nc2ccc(OC3CCCC3)cc2)c2ccccc2O1. The molecule has 1 aliphatic carbocycles. The molecule has 4 rings (SSSR count). The van der Waals surface area contributed by atoms with E-state index in [1.807, 2.05) is 42.5 Å². The summed E-state index contributed by atoms with van der Waals surface area (Å²) in [6, 6.07) is 16.3. The Labute approximate surface area is 172 Å². The van der Waals surface area contributed by atoms with Gasteiger partial charge in [-0.1, -0.05) is 18.2 Å². The van der Waals surface area contributed by atoms with Crippen molar-refractivity contribution >= 4 is 23.0 Å². The van der Waals surface area contributed by atoms with E-state index in [1.54, 1.807) is 0 Å². The van der Waals surface area contributed by atoms with Gasteiger partial charge in [-0.15, -0.1) is 0 Å². The van der Waals surface area contributed by atoms with Crippen LogP contribution in [0.25, 0.3) is 0 Å². The number of hydrogen-bond acceptors (Lipinski definition) is 3. The highest BCUT2D eigenvalue weighted by Gasteiger charge is 2.33. The zero-order valence-corrected chi connectivity index (χ0v) is 17.4. The van der Waals surface area contributed by atoms with Crippen LogP contribution < -0.4 is 20.1 Å². The lowest BCUT2D eigenvalue weighted by Gasteiger charge is -2.38. The molecule has 0 radical (unpaired) electrons. The van der Waals surface area contributed by atoms with Gasteiger partial charge in [-0.3, -0.25) is 0 Å². The summed E-state index contributed by atoms with van der Waals surface area (Å²) in [5.74, 6) is 1.85. The summed E-state index contributed by atoms with van der Waals surface area (Å²) in [6.07, 6.45) is 6.10. The second kappa shape index (κ2) is 8.00. The van der Waals surface area contributed by atoms with E-state index in [-0.39, 0.29) is 11.6 Å². The van der Waals surface area contributed by atoms with Gasteiger partial charge in [-0.05, 0) is 82.1 Å². The molecule has 1 fully saturated rings. The van der Waals surface area contributed by atoms with Gasteiger partial charge in [-0.25, -0.2) is 0 Å². The number of para-hydroxylation sites is 1. The fraction of sp³-hybridized carbons (Fsp3) is 0.435. The van der Waals surface area contributed by atoms with Gasteiger partial charge >= 0.3 is 0 Å². The number of fused-ring (bicyclic) bond motifs is 1. The topological polar surface area (TPSA) is 42.5 Å². The molecule has 2 aromatic carbocycles. The molecule has 1 heterocycles. The first-order chi connectivity index (χ1) is 13.5. The van der Waals surface area contributed by atoms with Crippen LogP contribution in [0.1, 0.15) is 57.6 Å². The van der Waals surface area contributed by atoms with E-state index in [9.17, 15) is 0 Å². The van der Waals surface area contributed by atoms with Gasteiger partial charge in [0.25, 0.3) is 0 Å². The lowest BCUT2D eigenvalue weighted by molar-refractivity contribution is 0.0697. The fourth-order valence-electron chi connectivity index (χ4n) is 4.07. The van der Waals surface area contributed by atoms with Crippen LogP contribution in [0.5, 0.6) is 11.5 Å². The third-order valence-corrected chi connectivity index (χ3v) is 5.62. The molecule has 5 heteroatoms. The van der Waals surface area contributed by atoms with Gasteiger partial charge in [0.05, 0.1) is 12.1 Å². The molecule has 2 aliphatic rings. The lowest BCUT2D eigenvalue weighted by atomic mass is 9.90. The first-order valence-electron chi connectivity index (χ1n) is 10.1. The third-order valence-electron chi connectivity index (χ3n) is 5.40. The van der Waals surface area contributed by atoms with E-state index < -0.39 is 0 Å². The summed E-state index contributed by atoms with van der Waals surface area (Å²) in [6.45, 7) is 4.22. The minimum absolute atomic E-state index is 0.116. The van der Waals surface area contributed by atoms with Crippen molar-refractivity contribution in [1.82, 2.24) is 5.32 Å². The predicted octanol–water partition coefficient (Wildman–Crippen LogP) is 5.60. The third kappa shape index (κ3) is 4.58. The smallest absolute Gasteiger partial charge is 0.171 e. The molecule has 0 spiro atoms. The quantitative estimate of drug-likeness (QED) is 0.659. The standard InChI is InChI=1S/C23H28N2O2S/c1-23(2)15-20(19-9-5-6-10-21(19)27-23)25-22(28)24-16-11-13-18(14-12-16)26-17-7-3-4-8-17/h5-6,9-14,17,20H,3-4,7-8,15H2,1-2H3,(H2,24,25,28)/t20-/m0/s1. The molecule has 2 aromatic rings. The number of ether oxygens (including phenoxy) is 2. The van der Waals surface area contributed by atoms with Crippen molar-refractivity contribution in [2.24, 2.45) is 0 Å². The fourth-order valence-corrected chi connectivity index (χ4v) is 4.33. The van der Waals surface area contributed by atoms with Gasteiger partial charge in [0.2, 0.25) is 0 Å². The Balaban J connectivity index is 1.37. The lowest BCUT2D eigenvalue weighted by Crippen LogP contribution is -2.42. The molecule has 1 aliphatic heterocycles. The molecule has 1 saturated carbocycles. The van der Waals surface area contributed by atoms with E-state index in [0.717, 1.165) is 42.0 Å². The van der Waals surface area contributed by atoms with Crippen molar-refractivity contribution in [2.45, 2.75) is 63.7 Å². The monoisotopic (exact) mass is 396 g/mol. The average molecular weight is 397 g/mol. The van der Waals surface area contributed by atoms with E-state index in [1.165, 1.54) is 12.8 Å². The minimum atomic E-state index is -0.235. The maximum absolute atomic E-state index is 6.10. The van der Waals surface area contributed by atoms with E-state index >= 15 is 0 Å². The first-order valence-corrected chi connectivity index (χ1v) is 10.5. The maximum atomic E-state index is 6.10. The Morgan fingerprint density at radius 1 is 1.07 bits per heavy atom. The van der Waals surface area contributed by atoms with Crippen LogP contribution in [-0.4, -0.2) is 16.8 Å². The van der Waals surface area contributed by atoms with Crippen LogP contribution >= 0.6 is 12.2 Å². The van der Waals surface area contributed by atoms with Crippen LogP contribution in [0.15, 0.2) is 48.5 Å². The molecular formula is C23H28N2O2S. The molecule has 2 N–H and O–H groups in total. The zero-order chi connectivity index (χ0) is 19.6. The van der Waals surface area contributed by atoms with Crippen molar-refractivity contribution < 1.29 is 9.47 Å². The Morgan fingerprint density at radius 2 is 1.79 bits per heavy atom. The Kier molecular flexibility index (Phi) is 5.44. The normalized spacial score (nSPS) is 20.7. The largest absolute Gasteiger partial charge is 0.490 e. The van der Waals surface area contributed by atoms with Crippen LogP contribution in [0.2, 0.25) is 0 Å². The van der Waals surface area contributed by atoms with Crippen molar-refractivity contribution in [2.75, 3.05) is 5.32 Å². The summed E-state index contributed by atoms with van der Waals surface area (Å²) >= 11 is 5.58. The summed E-state index contributed by atoms with van der Waals surface area (Å²) in [7, 11) is 0.